The Morgan fingerprint density at radius 1 is 0.711 bits per heavy atom. The lowest BCUT2D eigenvalue weighted by Gasteiger charge is -2.64. The quantitative estimate of drug-likeness (QED) is 0.313. The summed E-state index contributed by atoms with van der Waals surface area (Å²) in [6.07, 6.45) is 10.4. The van der Waals surface area contributed by atoms with Gasteiger partial charge >= 0.3 is 0 Å². The summed E-state index contributed by atoms with van der Waals surface area (Å²) in [4.78, 5) is 12.7. The minimum absolute atomic E-state index is 0.195. The largest absolute Gasteiger partial charge is 0.414 e. The van der Waals surface area contributed by atoms with E-state index in [1.807, 2.05) is 6.92 Å². The van der Waals surface area contributed by atoms with Crippen LogP contribution in [0.4, 0.5) is 0 Å². The molecule has 4 aliphatic carbocycles. The molecule has 0 amide bonds. The maximum Gasteiger partial charge on any atom is 0.192 e. The third-order valence-corrected chi connectivity index (χ3v) is 22.7. The fourth-order valence-corrected chi connectivity index (χ4v) is 12.1. The first kappa shape index (κ1) is 31.0. The second kappa shape index (κ2) is 9.80. The number of carbonyl (C=O) groups is 1. The SMILES string of the molecule is CC(=O)[C@H]1CC[C@H]2[C@@H]3CC(O[Si](C)(C)C(C)(C)C)[C@H]4CC(O[Si](C)(C)C(C)(C)C)CC[C@]4(C)[C@H]3CC[C@]12C. The Balaban J connectivity index is 1.67. The summed E-state index contributed by atoms with van der Waals surface area (Å²) in [5, 5.41) is 0.451. The van der Waals surface area contributed by atoms with E-state index in [-0.39, 0.29) is 21.4 Å². The molecule has 9 atom stereocenters. The summed E-state index contributed by atoms with van der Waals surface area (Å²) in [5.74, 6) is 3.44. The molecule has 0 spiro atoms. The van der Waals surface area contributed by atoms with Crippen molar-refractivity contribution in [3.8, 4) is 0 Å². The van der Waals surface area contributed by atoms with E-state index in [1.165, 1.54) is 44.9 Å². The molecule has 0 aromatic heterocycles. The Morgan fingerprint density at radius 3 is 1.79 bits per heavy atom. The van der Waals surface area contributed by atoms with E-state index in [0.717, 1.165) is 12.3 Å². The van der Waals surface area contributed by atoms with E-state index < -0.39 is 16.6 Å². The molecular formula is C33H62O3Si2. The van der Waals surface area contributed by atoms with Gasteiger partial charge in [-0.3, -0.25) is 4.79 Å². The average molecular weight is 563 g/mol. The van der Waals surface area contributed by atoms with Crippen molar-refractivity contribution >= 4 is 22.4 Å². The lowest BCUT2D eigenvalue weighted by atomic mass is 9.44. The molecule has 0 heterocycles. The number of Topliss-reactive ketones (excluding diaryl/α,β-unsaturated/α-hetero) is 1. The minimum atomic E-state index is -1.93. The standard InChI is InChI=1S/C33H62O3Si2/c1-22(34)25-14-15-26-24-21-29(36-38(12,13)31(5,6)7)28-20-23(35-37(10,11)30(2,3)4)16-18-33(28,9)27(24)17-19-32(25,26)8/h23-29H,14-21H2,1-13H3/t23?,24-,25+,26-,27-,28+,29?,32+,33+/m0/s1. The maximum absolute atomic E-state index is 12.7. The van der Waals surface area contributed by atoms with E-state index >= 15 is 0 Å². The molecular weight excluding hydrogens is 501 g/mol. The van der Waals surface area contributed by atoms with Crippen LogP contribution in [-0.2, 0) is 13.6 Å². The van der Waals surface area contributed by atoms with Gasteiger partial charge < -0.3 is 8.85 Å². The van der Waals surface area contributed by atoms with Gasteiger partial charge in [-0.25, -0.2) is 0 Å². The predicted molar refractivity (Wildman–Crippen MR) is 165 cm³/mol. The Bertz CT molecular complexity index is 899. The Morgan fingerprint density at radius 2 is 1.24 bits per heavy atom. The van der Waals surface area contributed by atoms with Crippen molar-refractivity contribution in [2.75, 3.05) is 0 Å². The van der Waals surface area contributed by atoms with E-state index in [9.17, 15) is 4.79 Å². The van der Waals surface area contributed by atoms with E-state index in [2.05, 4.69) is 81.6 Å². The molecule has 4 saturated carbocycles. The highest BCUT2D eigenvalue weighted by molar-refractivity contribution is 6.74. The van der Waals surface area contributed by atoms with Gasteiger partial charge in [-0.2, -0.15) is 0 Å². The zero-order valence-electron chi connectivity index (χ0n) is 27.4. The zero-order chi connectivity index (χ0) is 28.7. The first-order valence-electron chi connectivity index (χ1n) is 16.0. The molecule has 0 saturated heterocycles. The monoisotopic (exact) mass is 562 g/mol. The van der Waals surface area contributed by atoms with Crippen LogP contribution in [0.5, 0.6) is 0 Å². The molecule has 4 rings (SSSR count). The predicted octanol–water partition coefficient (Wildman–Crippen LogP) is 9.62. The van der Waals surface area contributed by atoms with Gasteiger partial charge in [-0.05, 0) is 129 Å². The number of hydrogen-bond acceptors (Lipinski definition) is 3. The number of rotatable bonds is 5. The summed E-state index contributed by atoms with van der Waals surface area (Å²) in [5.41, 5.74) is 0.513. The molecule has 4 fully saturated rings. The third kappa shape index (κ3) is 5.11. The molecule has 0 radical (unpaired) electrons. The van der Waals surface area contributed by atoms with Crippen molar-refractivity contribution in [3.63, 3.8) is 0 Å². The first-order valence-corrected chi connectivity index (χ1v) is 21.8. The van der Waals surface area contributed by atoms with Crippen LogP contribution < -0.4 is 0 Å². The van der Waals surface area contributed by atoms with Crippen LogP contribution in [0.15, 0.2) is 0 Å². The van der Waals surface area contributed by atoms with Crippen molar-refractivity contribution < 1.29 is 13.6 Å². The lowest BCUT2D eigenvalue weighted by Crippen LogP contribution is -2.61. The van der Waals surface area contributed by atoms with Gasteiger partial charge in [-0.15, -0.1) is 0 Å². The lowest BCUT2D eigenvalue weighted by molar-refractivity contribution is -0.167. The summed E-state index contributed by atoms with van der Waals surface area (Å²) in [7, 11) is -3.74. The van der Waals surface area contributed by atoms with E-state index in [0.29, 0.717) is 41.2 Å². The molecule has 0 bridgehead atoms. The molecule has 2 unspecified atom stereocenters. The van der Waals surface area contributed by atoms with Crippen LogP contribution in [0.2, 0.25) is 36.3 Å². The average Bonchev–Trinajstić information content (AvgIpc) is 3.10. The molecule has 5 heteroatoms. The number of carbonyl (C=O) groups excluding carboxylic acids is 1. The molecule has 0 N–H and O–H groups in total. The number of ketones is 1. The molecule has 38 heavy (non-hydrogen) atoms. The van der Waals surface area contributed by atoms with Crippen molar-refractivity contribution in [1.82, 2.24) is 0 Å². The summed E-state index contributed by atoms with van der Waals surface area (Å²) in [6, 6.07) is 0. The van der Waals surface area contributed by atoms with E-state index in [4.69, 9.17) is 8.85 Å². The summed E-state index contributed by atoms with van der Waals surface area (Å²) >= 11 is 0. The highest BCUT2D eigenvalue weighted by Gasteiger charge is 2.63. The van der Waals surface area contributed by atoms with Gasteiger partial charge in [0.15, 0.2) is 16.6 Å². The Kier molecular flexibility index (Phi) is 7.99. The van der Waals surface area contributed by atoms with Gasteiger partial charge in [0, 0.05) is 18.1 Å². The van der Waals surface area contributed by atoms with Gasteiger partial charge in [-0.1, -0.05) is 55.4 Å². The topological polar surface area (TPSA) is 35.5 Å². The number of fused-ring (bicyclic) bond motifs is 5. The van der Waals surface area contributed by atoms with Gasteiger partial charge in [0.05, 0.1) is 0 Å². The molecule has 220 valence electrons. The molecule has 0 aromatic carbocycles. The molecule has 3 nitrogen and oxygen atoms in total. The maximum atomic E-state index is 12.7. The summed E-state index contributed by atoms with van der Waals surface area (Å²) < 4.78 is 14.6. The highest BCUT2D eigenvalue weighted by atomic mass is 28.4. The van der Waals surface area contributed by atoms with Gasteiger partial charge in [0.25, 0.3) is 0 Å². The summed E-state index contributed by atoms with van der Waals surface area (Å²) in [6.45, 7) is 31.0. The van der Waals surface area contributed by atoms with Crippen LogP contribution in [0.3, 0.4) is 0 Å². The smallest absolute Gasteiger partial charge is 0.192 e. The Hall–Kier alpha value is 0.0238. The second-order valence-corrected chi connectivity index (χ2v) is 27.2. The molecule has 0 aromatic rings. The van der Waals surface area contributed by atoms with Crippen LogP contribution in [0.1, 0.15) is 114 Å². The van der Waals surface area contributed by atoms with E-state index in [1.54, 1.807) is 0 Å². The second-order valence-electron chi connectivity index (χ2n) is 17.7. The number of hydrogen-bond donors (Lipinski definition) is 0. The van der Waals surface area contributed by atoms with Crippen LogP contribution in [-0.4, -0.2) is 34.6 Å². The van der Waals surface area contributed by atoms with Crippen LogP contribution in [0, 0.1) is 40.4 Å². The fraction of sp³-hybridized carbons (Fsp3) is 0.970. The Labute approximate surface area is 238 Å². The van der Waals surface area contributed by atoms with Crippen molar-refractivity contribution in [3.05, 3.63) is 0 Å². The normalized spacial score (nSPS) is 42.3. The van der Waals surface area contributed by atoms with Crippen molar-refractivity contribution in [1.29, 1.82) is 0 Å². The first-order chi connectivity index (χ1) is 17.1. The third-order valence-electron chi connectivity index (χ3n) is 13.6. The fourth-order valence-electron chi connectivity index (χ4n) is 9.29. The highest BCUT2D eigenvalue weighted by Crippen LogP contribution is 2.68. The van der Waals surface area contributed by atoms with Crippen molar-refractivity contribution in [2.45, 2.75) is 162 Å². The molecule has 0 aliphatic heterocycles. The van der Waals surface area contributed by atoms with Gasteiger partial charge in [0.2, 0.25) is 0 Å². The zero-order valence-corrected chi connectivity index (χ0v) is 29.4. The van der Waals surface area contributed by atoms with Gasteiger partial charge in [0.1, 0.15) is 5.78 Å². The van der Waals surface area contributed by atoms with Crippen LogP contribution in [0.25, 0.3) is 0 Å². The van der Waals surface area contributed by atoms with Crippen molar-refractivity contribution in [2.24, 2.45) is 40.4 Å². The van der Waals surface area contributed by atoms with Crippen LogP contribution >= 0.6 is 0 Å². The molecule has 4 aliphatic rings. The minimum Gasteiger partial charge on any atom is -0.414 e.